The molecule has 0 saturated carbocycles. The van der Waals surface area contributed by atoms with Gasteiger partial charge >= 0.3 is 0 Å². The highest BCUT2D eigenvalue weighted by Gasteiger charge is 2.19. The fourth-order valence-electron chi connectivity index (χ4n) is 3.43. The summed E-state index contributed by atoms with van der Waals surface area (Å²) in [5.41, 5.74) is 1.45. The quantitative estimate of drug-likeness (QED) is 0.301. The van der Waals surface area contributed by atoms with Crippen molar-refractivity contribution in [3.05, 3.63) is 82.4 Å². The Bertz CT molecular complexity index is 1170. The van der Waals surface area contributed by atoms with Gasteiger partial charge in [-0.2, -0.15) is 0 Å². The third-order valence-corrected chi connectivity index (χ3v) is 5.15. The van der Waals surface area contributed by atoms with Gasteiger partial charge < -0.3 is 9.47 Å². The number of aryl methyl sites for hydroxylation is 1. The lowest BCUT2D eigenvalue weighted by atomic mass is 10.0. The Kier molecular flexibility index (Phi) is 6.26. The fraction of sp³-hybridized carbons (Fsp3) is 0.280. The zero-order chi connectivity index (χ0) is 22.0. The summed E-state index contributed by atoms with van der Waals surface area (Å²) < 4.78 is 66.3. The van der Waals surface area contributed by atoms with Crippen LogP contribution in [0.25, 0.3) is 10.8 Å². The second kappa shape index (κ2) is 9.09. The summed E-state index contributed by atoms with van der Waals surface area (Å²) in [5, 5.41) is 0.140. The van der Waals surface area contributed by atoms with E-state index >= 15 is 0 Å². The minimum Gasteiger partial charge on any atom is -0.352 e. The van der Waals surface area contributed by atoms with Gasteiger partial charge in [-0.1, -0.05) is 30.9 Å². The third kappa shape index (κ3) is 4.90. The number of rotatable bonds is 3. The largest absolute Gasteiger partial charge is 0.352 e. The van der Waals surface area contributed by atoms with Crippen LogP contribution in [-0.4, -0.2) is 19.5 Å². The summed E-state index contributed by atoms with van der Waals surface area (Å²) in [6, 6.07) is 9.98. The van der Waals surface area contributed by atoms with Crippen LogP contribution in [0.15, 0.2) is 42.5 Å². The van der Waals surface area contributed by atoms with Crippen LogP contribution in [-0.2, 0) is 15.9 Å². The Morgan fingerprint density at radius 1 is 0.871 bits per heavy atom. The molecule has 0 N–H and O–H groups in total. The minimum atomic E-state index is -1.51. The molecule has 0 unspecified atom stereocenters. The van der Waals surface area contributed by atoms with Crippen molar-refractivity contribution in [2.24, 2.45) is 5.92 Å². The summed E-state index contributed by atoms with van der Waals surface area (Å²) in [5.74, 6) is 1.43. The van der Waals surface area contributed by atoms with Gasteiger partial charge in [0, 0.05) is 23.3 Å². The first-order valence-electron chi connectivity index (χ1n) is 10.0. The third-order valence-electron chi connectivity index (χ3n) is 5.15. The summed E-state index contributed by atoms with van der Waals surface area (Å²) in [6.45, 7) is 3.38. The van der Waals surface area contributed by atoms with Crippen molar-refractivity contribution in [1.29, 1.82) is 0 Å². The van der Waals surface area contributed by atoms with Gasteiger partial charge in [0.25, 0.3) is 0 Å². The van der Waals surface area contributed by atoms with E-state index in [0.717, 1.165) is 11.6 Å². The Hall–Kier alpha value is -2.88. The second-order valence-corrected chi connectivity index (χ2v) is 7.73. The highest BCUT2D eigenvalue weighted by atomic mass is 19.2. The smallest absolute Gasteiger partial charge is 0.195 e. The molecule has 2 nitrogen and oxygen atoms in total. The molecule has 0 radical (unpaired) electrons. The number of hydrogen-bond acceptors (Lipinski definition) is 2. The SMILES string of the molecule is CC1COC(CCc2ccc(C#Cc3ccc4c(F)c(F)c(F)cc4c3)c(F)c2)OC1. The van der Waals surface area contributed by atoms with E-state index in [9.17, 15) is 17.6 Å². The van der Waals surface area contributed by atoms with E-state index in [1.54, 1.807) is 12.1 Å². The number of fused-ring (bicyclic) bond motifs is 1. The average molecular weight is 428 g/mol. The first-order valence-corrected chi connectivity index (χ1v) is 10.0. The van der Waals surface area contributed by atoms with Crippen molar-refractivity contribution in [2.75, 3.05) is 13.2 Å². The van der Waals surface area contributed by atoms with Crippen molar-refractivity contribution < 1.29 is 27.0 Å². The van der Waals surface area contributed by atoms with Crippen molar-refractivity contribution in [3.8, 4) is 11.8 Å². The van der Waals surface area contributed by atoms with E-state index in [1.807, 2.05) is 0 Å². The lowest BCUT2D eigenvalue weighted by molar-refractivity contribution is -0.199. The topological polar surface area (TPSA) is 18.5 Å². The van der Waals surface area contributed by atoms with Gasteiger partial charge in [0.15, 0.2) is 23.7 Å². The Morgan fingerprint density at radius 3 is 2.39 bits per heavy atom. The summed E-state index contributed by atoms with van der Waals surface area (Å²) in [6.07, 6.45) is 0.985. The molecule has 0 aromatic heterocycles. The number of benzene rings is 3. The van der Waals surface area contributed by atoms with Crippen LogP contribution < -0.4 is 0 Å². The summed E-state index contributed by atoms with van der Waals surface area (Å²) in [7, 11) is 0. The normalized spacial score (nSPS) is 18.6. The number of ether oxygens (including phenoxy) is 2. The predicted molar refractivity (Wildman–Crippen MR) is 109 cm³/mol. The molecular weight excluding hydrogens is 408 g/mol. The minimum absolute atomic E-state index is 0.0413. The van der Waals surface area contributed by atoms with Crippen LogP contribution in [0.1, 0.15) is 30.0 Å². The second-order valence-electron chi connectivity index (χ2n) is 7.73. The van der Waals surface area contributed by atoms with Gasteiger partial charge in [-0.05, 0) is 47.7 Å². The van der Waals surface area contributed by atoms with Gasteiger partial charge in [0.2, 0.25) is 0 Å². The molecular formula is C25H20F4O2. The van der Waals surface area contributed by atoms with Crippen molar-refractivity contribution in [2.45, 2.75) is 26.1 Å². The molecule has 1 aliphatic rings. The molecule has 0 amide bonds. The van der Waals surface area contributed by atoms with Crippen LogP contribution in [0, 0.1) is 41.0 Å². The van der Waals surface area contributed by atoms with E-state index < -0.39 is 23.3 Å². The van der Waals surface area contributed by atoms with Crippen LogP contribution in [0.3, 0.4) is 0 Å². The molecule has 4 rings (SSSR count). The van der Waals surface area contributed by atoms with E-state index in [-0.39, 0.29) is 22.6 Å². The first kappa shape index (κ1) is 21.4. The maximum atomic E-state index is 14.5. The van der Waals surface area contributed by atoms with Gasteiger partial charge in [0.1, 0.15) is 5.82 Å². The molecule has 0 spiro atoms. The molecule has 31 heavy (non-hydrogen) atoms. The van der Waals surface area contributed by atoms with Crippen molar-refractivity contribution in [3.63, 3.8) is 0 Å². The summed E-state index contributed by atoms with van der Waals surface area (Å²) in [4.78, 5) is 0. The standard InChI is InChI=1S/C25H20F4O2/c1-15-13-30-23(31-14-15)9-5-17-3-7-18(21(26)11-17)6-2-16-4-8-20-19(10-16)12-22(27)25(29)24(20)28/h3-4,7-8,10-12,15,23H,5,9,13-14H2,1H3. The van der Waals surface area contributed by atoms with Crippen LogP contribution in [0.5, 0.6) is 0 Å². The Morgan fingerprint density at radius 2 is 1.65 bits per heavy atom. The maximum absolute atomic E-state index is 14.5. The fourth-order valence-corrected chi connectivity index (χ4v) is 3.43. The molecule has 1 aliphatic heterocycles. The molecule has 0 aliphatic carbocycles. The highest BCUT2D eigenvalue weighted by Crippen LogP contribution is 2.24. The van der Waals surface area contributed by atoms with Gasteiger partial charge in [-0.3, -0.25) is 0 Å². The van der Waals surface area contributed by atoms with E-state index in [0.29, 0.717) is 37.5 Å². The molecule has 0 bridgehead atoms. The Balaban J connectivity index is 1.47. The average Bonchev–Trinajstić information content (AvgIpc) is 2.76. The van der Waals surface area contributed by atoms with Gasteiger partial charge in [-0.25, -0.2) is 17.6 Å². The molecule has 3 aromatic rings. The zero-order valence-electron chi connectivity index (χ0n) is 16.9. The van der Waals surface area contributed by atoms with Crippen molar-refractivity contribution >= 4 is 10.8 Å². The Labute approximate surface area is 177 Å². The monoisotopic (exact) mass is 428 g/mol. The van der Waals surface area contributed by atoms with Gasteiger partial charge in [0.05, 0.1) is 18.8 Å². The van der Waals surface area contributed by atoms with Crippen LogP contribution in [0.4, 0.5) is 17.6 Å². The van der Waals surface area contributed by atoms with E-state index in [2.05, 4.69) is 18.8 Å². The highest BCUT2D eigenvalue weighted by molar-refractivity contribution is 5.84. The lowest BCUT2D eigenvalue weighted by Crippen LogP contribution is -2.30. The van der Waals surface area contributed by atoms with Crippen molar-refractivity contribution in [1.82, 2.24) is 0 Å². The van der Waals surface area contributed by atoms with E-state index in [4.69, 9.17) is 9.47 Å². The molecule has 160 valence electrons. The maximum Gasteiger partial charge on any atom is 0.195 e. The zero-order valence-corrected chi connectivity index (χ0v) is 16.9. The molecule has 1 fully saturated rings. The molecule has 6 heteroatoms. The lowest BCUT2D eigenvalue weighted by Gasteiger charge is -2.27. The first-order chi connectivity index (χ1) is 14.9. The summed E-state index contributed by atoms with van der Waals surface area (Å²) >= 11 is 0. The number of halogens is 4. The van der Waals surface area contributed by atoms with E-state index in [1.165, 1.54) is 24.3 Å². The predicted octanol–water partition coefficient (Wildman–Crippen LogP) is 5.74. The molecule has 1 heterocycles. The molecule has 1 saturated heterocycles. The molecule has 0 atom stereocenters. The van der Waals surface area contributed by atoms with Gasteiger partial charge in [-0.15, -0.1) is 0 Å². The number of hydrogen-bond donors (Lipinski definition) is 0. The van der Waals surface area contributed by atoms with Crippen LogP contribution in [0.2, 0.25) is 0 Å². The molecule has 3 aromatic carbocycles. The van der Waals surface area contributed by atoms with Crippen LogP contribution >= 0.6 is 0 Å².